The van der Waals surface area contributed by atoms with Gasteiger partial charge in [0.1, 0.15) is 5.76 Å². The molecule has 0 aliphatic carbocycles. The van der Waals surface area contributed by atoms with Crippen LogP contribution < -0.4 is 0 Å². The summed E-state index contributed by atoms with van der Waals surface area (Å²) in [6.07, 6.45) is 0. The lowest BCUT2D eigenvalue weighted by molar-refractivity contribution is 0.557. The smallest absolute Gasteiger partial charge is 0.397 e. The minimum absolute atomic E-state index is 0.475. The van der Waals surface area contributed by atoms with E-state index in [9.17, 15) is 0 Å². The maximum Gasteiger partial charge on any atom is 0.505 e. The van der Waals surface area contributed by atoms with Gasteiger partial charge in [0, 0.05) is 4.85 Å². The summed E-state index contributed by atoms with van der Waals surface area (Å²) in [5, 5.41) is 0. The fraction of sp³-hybridized carbons (Fsp3) is 0.167. The van der Waals surface area contributed by atoms with Gasteiger partial charge >= 0.3 is 5.88 Å². The molecule has 0 N–H and O–H groups in total. The van der Waals surface area contributed by atoms with E-state index in [1.54, 1.807) is 6.07 Å². The first-order valence-corrected chi connectivity index (χ1v) is 2.30. The molecule has 40 valence electrons. The van der Waals surface area contributed by atoms with Crippen LogP contribution in [0.15, 0.2) is 16.5 Å². The van der Waals surface area contributed by atoms with Crippen LogP contribution in [0.1, 0.15) is 5.76 Å². The van der Waals surface area contributed by atoms with E-state index in [1.165, 1.54) is 0 Å². The monoisotopic (exact) mass is 108 g/mol. The van der Waals surface area contributed by atoms with Crippen molar-refractivity contribution in [1.82, 2.24) is 0 Å². The van der Waals surface area contributed by atoms with Crippen LogP contribution in [-0.4, -0.2) is 0 Å². The van der Waals surface area contributed by atoms with E-state index in [4.69, 9.17) is 11.0 Å². The predicted molar refractivity (Wildman–Crippen MR) is 31.4 cm³/mol. The molecular formula is C6H6NO+. The zero-order valence-electron chi connectivity index (χ0n) is 4.59. The second-order valence-electron chi connectivity index (χ2n) is 1.51. The summed E-state index contributed by atoms with van der Waals surface area (Å²) in [5.41, 5.74) is 0. The lowest BCUT2D eigenvalue weighted by atomic mass is 10.5. The van der Waals surface area contributed by atoms with Gasteiger partial charge in [-0.1, -0.05) is 0 Å². The molecule has 0 amide bonds. The first kappa shape index (κ1) is 4.92. The van der Waals surface area contributed by atoms with Gasteiger partial charge in [0.25, 0.3) is 6.57 Å². The van der Waals surface area contributed by atoms with Crippen molar-refractivity contribution in [3.8, 4) is 6.57 Å². The van der Waals surface area contributed by atoms with Crippen LogP contribution in [0.4, 0.5) is 5.88 Å². The Bertz CT molecular complexity index is 219. The van der Waals surface area contributed by atoms with Gasteiger partial charge in [-0.05, 0) is 13.0 Å². The average Bonchev–Trinajstić information content (AvgIpc) is 2.14. The average molecular weight is 108 g/mol. The molecule has 0 aliphatic heterocycles. The Morgan fingerprint density at radius 3 is 2.62 bits per heavy atom. The summed E-state index contributed by atoms with van der Waals surface area (Å²) in [6.45, 7) is 6.74. The molecule has 1 rings (SSSR count). The van der Waals surface area contributed by atoms with E-state index < -0.39 is 0 Å². The van der Waals surface area contributed by atoms with Crippen LogP contribution in [0.3, 0.4) is 0 Å². The van der Waals surface area contributed by atoms with E-state index in [1.807, 2.05) is 13.0 Å². The van der Waals surface area contributed by atoms with Crippen LogP contribution in [0.2, 0.25) is 0 Å². The van der Waals surface area contributed by atoms with Gasteiger partial charge in [-0.15, -0.1) is 0 Å². The molecule has 0 saturated heterocycles. The second kappa shape index (κ2) is 1.71. The number of hydrogen-bond acceptors (Lipinski definition) is 1. The van der Waals surface area contributed by atoms with E-state index in [-0.39, 0.29) is 0 Å². The van der Waals surface area contributed by atoms with Crippen LogP contribution >= 0.6 is 0 Å². The van der Waals surface area contributed by atoms with Crippen molar-refractivity contribution < 1.29 is 4.42 Å². The maximum atomic E-state index is 4.94. The Balaban J connectivity index is 3.05. The molecule has 2 heteroatoms. The standard InChI is InChI=1S/C6H6NO/c1-5-3-4-6(7-2)8-5/h2-4H,1H3/q+1. The minimum Gasteiger partial charge on any atom is -0.397 e. The second-order valence-corrected chi connectivity index (χ2v) is 1.51. The van der Waals surface area contributed by atoms with E-state index in [0.29, 0.717) is 5.88 Å². The molecule has 2 nitrogen and oxygen atoms in total. The van der Waals surface area contributed by atoms with Crippen LogP contribution in [0.5, 0.6) is 0 Å². The van der Waals surface area contributed by atoms with Crippen molar-refractivity contribution in [2.75, 3.05) is 0 Å². The van der Waals surface area contributed by atoms with Gasteiger partial charge < -0.3 is 4.42 Å². The van der Waals surface area contributed by atoms with Crippen molar-refractivity contribution >= 4 is 5.88 Å². The molecule has 0 saturated carbocycles. The van der Waals surface area contributed by atoms with Crippen molar-refractivity contribution in [2.45, 2.75) is 6.92 Å². The molecule has 0 aliphatic rings. The summed E-state index contributed by atoms with van der Waals surface area (Å²) in [5.74, 6) is 1.30. The van der Waals surface area contributed by atoms with Crippen molar-refractivity contribution in [3.05, 3.63) is 22.7 Å². The molecule has 8 heavy (non-hydrogen) atoms. The lowest BCUT2D eigenvalue weighted by Gasteiger charge is -1.68. The summed E-state index contributed by atoms with van der Waals surface area (Å²) < 4.78 is 4.94. The van der Waals surface area contributed by atoms with E-state index >= 15 is 0 Å². The molecule has 0 aromatic carbocycles. The highest BCUT2D eigenvalue weighted by molar-refractivity contribution is 5.33. The summed E-state index contributed by atoms with van der Waals surface area (Å²) >= 11 is 0. The normalized spacial score (nSPS) is 8.50. The Morgan fingerprint density at radius 1 is 1.62 bits per heavy atom. The lowest BCUT2D eigenvalue weighted by Crippen LogP contribution is -1.49. The zero-order valence-corrected chi connectivity index (χ0v) is 4.59. The van der Waals surface area contributed by atoms with Gasteiger partial charge in [0.05, 0.1) is 6.07 Å². The third-order valence-electron chi connectivity index (χ3n) is 0.853. The fourth-order valence-corrected chi connectivity index (χ4v) is 0.491. The molecule has 1 aromatic heterocycles. The highest BCUT2D eigenvalue weighted by atomic mass is 16.3. The molecule has 0 fully saturated rings. The number of rotatable bonds is 0. The molecule has 0 bridgehead atoms. The molecule has 1 aromatic rings. The highest BCUT2D eigenvalue weighted by Crippen LogP contribution is 2.14. The summed E-state index contributed by atoms with van der Waals surface area (Å²) in [6, 6.07) is 3.53. The van der Waals surface area contributed by atoms with Crippen LogP contribution in [0, 0.1) is 13.5 Å². The third-order valence-corrected chi connectivity index (χ3v) is 0.853. The Morgan fingerprint density at radius 2 is 2.38 bits per heavy atom. The van der Waals surface area contributed by atoms with Crippen molar-refractivity contribution in [3.63, 3.8) is 0 Å². The van der Waals surface area contributed by atoms with E-state index in [0.717, 1.165) is 5.76 Å². The van der Waals surface area contributed by atoms with Crippen molar-refractivity contribution in [1.29, 1.82) is 0 Å². The predicted octanol–water partition coefficient (Wildman–Crippen LogP) is 2.18. The Kier molecular flexibility index (Phi) is 1.05. The Hall–Kier alpha value is -1.23. The van der Waals surface area contributed by atoms with Crippen molar-refractivity contribution in [2.24, 2.45) is 0 Å². The van der Waals surface area contributed by atoms with E-state index in [2.05, 4.69) is 4.85 Å². The summed E-state index contributed by atoms with van der Waals surface area (Å²) in [7, 11) is 0. The number of furan rings is 1. The highest BCUT2D eigenvalue weighted by Gasteiger charge is 2.02. The number of nitrogens with zero attached hydrogens (tertiary/aromatic N) is 1. The van der Waals surface area contributed by atoms with Gasteiger partial charge in [0.2, 0.25) is 0 Å². The van der Waals surface area contributed by atoms with Gasteiger partial charge in [-0.2, -0.15) is 0 Å². The third kappa shape index (κ3) is 0.710. The van der Waals surface area contributed by atoms with Gasteiger partial charge in [-0.25, -0.2) is 0 Å². The fourth-order valence-electron chi connectivity index (χ4n) is 0.491. The minimum atomic E-state index is 0.475. The van der Waals surface area contributed by atoms with Crippen LogP contribution in [0.25, 0.3) is 4.85 Å². The topological polar surface area (TPSA) is 17.5 Å². The summed E-state index contributed by atoms with van der Waals surface area (Å²) in [4.78, 5) is 3.32. The maximum absolute atomic E-state index is 4.94. The zero-order chi connectivity index (χ0) is 5.98. The molecule has 0 spiro atoms. The molecule has 1 heterocycles. The Labute approximate surface area is 47.6 Å². The first-order valence-electron chi connectivity index (χ1n) is 2.30. The SMILES string of the molecule is C#[N+]c1ccc(C)o1. The quantitative estimate of drug-likeness (QED) is 0.498. The molecular weight excluding hydrogens is 102 g/mol. The largest absolute Gasteiger partial charge is 0.505 e. The number of hydrogen-bond donors (Lipinski definition) is 0. The van der Waals surface area contributed by atoms with Gasteiger partial charge in [-0.3, -0.25) is 0 Å². The number of aryl methyl sites for hydroxylation is 1. The first-order chi connectivity index (χ1) is 3.83. The molecule has 0 atom stereocenters. The van der Waals surface area contributed by atoms with Crippen LogP contribution in [-0.2, 0) is 0 Å². The molecule has 0 unspecified atom stereocenters. The van der Waals surface area contributed by atoms with Gasteiger partial charge in [0.15, 0.2) is 0 Å². The molecule has 0 radical (unpaired) electrons.